The third kappa shape index (κ3) is 4.57. The summed E-state index contributed by atoms with van der Waals surface area (Å²) in [5.41, 5.74) is 2.03. The van der Waals surface area contributed by atoms with Crippen molar-refractivity contribution in [2.75, 3.05) is 6.54 Å². The minimum Gasteiger partial charge on any atom is -0.348 e. The first-order valence-corrected chi connectivity index (χ1v) is 11.3. The standard InChI is InChI=1S/C21H25ClN2O3S/c1-15-6-11-19(28(26,27)24-12-4-3-5-16(24)2)13-20(15)21(25)23-14-17-7-9-18(22)10-8-17/h6-11,13,16H,3-5,12,14H2,1-2H3,(H,23,25). The molecule has 2 aromatic carbocycles. The molecule has 0 saturated carbocycles. The van der Waals surface area contributed by atoms with Crippen molar-refractivity contribution in [2.24, 2.45) is 0 Å². The van der Waals surface area contributed by atoms with Gasteiger partial charge in [0.05, 0.1) is 4.90 Å². The van der Waals surface area contributed by atoms with Crippen LogP contribution in [0.5, 0.6) is 0 Å². The number of nitrogens with one attached hydrogen (secondary N) is 1. The van der Waals surface area contributed by atoms with Gasteiger partial charge in [-0.3, -0.25) is 4.79 Å². The molecule has 1 aliphatic heterocycles. The zero-order valence-electron chi connectivity index (χ0n) is 16.1. The van der Waals surface area contributed by atoms with Crippen molar-refractivity contribution < 1.29 is 13.2 Å². The van der Waals surface area contributed by atoms with Gasteiger partial charge in [-0.15, -0.1) is 0 Å². The predicted molar refractivity (Wildman–Crippen MR) is 111 cm³/mol. The number of sulfonamides is 1. The summed E-state index contributed by atoms with van der Waals surface area (Å²) in [7, 11) is -3.62. The van der Waals surface area contributed by atoms with E-state index >= 15 is 0 Å². The molecule has 7 heteroatoms. The van der Waals surface area contributed by atoms with Gasteiger partial charge in [0, 0.05) is 29.7 Å². The number of carbonyl (C=O) groups is 1. The molecule has 0 spiro atoms. The lowest BCUT2D eigenvalue weighted by Gasteiger charge is -2.32. The van der Waals surface area contributed by atoms with Crippen LogP contribution >= 0.6 is 11.6 Å². The van der Waals surface area contributed by atoms with Crippen molar-refractivity contribution in [3.63, 3.8) is 0 Å². The summed E-state index contributed by atoms with van der Waals surface area (Å²) in [4.78, 5) is 12.8. The predicted octanol–water partition coefficient (Wildman–Crippen LogP) is 4.14. The molecule has 0 bridgehead atoms. The second kappa shape index (κ2) is 8.64. The zero-order valence-corrected chi connectivity index (χ0v) is 17.7. The highest BCUT2D eigenvalue weighted by Crippen LogP contribution is 2.26. The summed E-state index contributed by atoms with van der Waals surface area (Å²) < 4.78 is 27.7. The number of halogens is 1. The monoisotopic (exact) mass is 420 g/mol. The van der Waals surface area contributed by atoms with Gasteiger partial charge in [0.15, 0.2) is 0 Å². The van der Waals surface area contributed by atoms with Crippen molar-refractivity contribution in [3.8, 4) is 0 Å². The summed E-state index contributed by atoms with van der Waals surface area (Å²) in [6, 6.07) is 12.0. The highest BCUT2D eigenvalue weighted by molar-refractivity contribution is 7.89. The average molecular weight is 421 g/mol. The number of rotatable bonds is 5. The molecule has 1 amide bonds. The maximum Gasteiger partial charge on any atom is 0.251 e. The first-order chi connectivity index (χ1) is 13.3. The van der Waals surface area contributed by atoms with Gasteiger partial charge in [0.2, 0.25) is 10.0 Å². The molecule has 5 nitrogen and oxygen atoms in total. The summed E-state index contributed by atoms with van der Waals surface area (Å²) >= 11 is 5.88. The Hall–Kier alpha value is -1.89. The van der Waals surface area contributed by atoms with Gasteiger partial charge in [-0.2, -0.15) is 4.31 Å². The number of aryl methyl sites for hydroxylation is 1. The van der Waals surface area contributed by atoms with Crippen LogP contribution in [-0.2, 0) is 16.6 Å². The highest BCUT2D eigenvalue weighted by atomic mass is 35.5. The Labute approximate surface area is 171 Å². The van der Waals surface area contributed by atoms with Crippen LogP contribution < -0.4 is 5.32 Å². The van der Waals surface area contributed by atoms with E-state index in [1.807, 2.05) is 19.1 Å². The number of hydrogen-bond donors (Lipinski definition) is 1. The maximum atomic E-state index is 13.1. The molecule has 0 radical (unpaired) electrons. The van der Waals surface area contributed by atoms with Crippen molar-refractivity contribution in [1.29, 1.82) is 0 Å². The minimum atomic E-state index is -3.62. The molecular weight excluding hydrogens is 396 g/mol. The zero-order chi connectivity index (χ0) is 20.3. The number of amides is 1. The van der Waals surface area contributed by atoms with E-state index in [4.69, 9.17) is 11.6 Å². The van der Waals surface area contributed by atoms with Crippen molar-refractivity contribution >= 4 is 27.5 Å². The fraction of sp³-hybridized carbons (Fsp3) is 0.381. The van der Waals surface area contributed by atoms with Gasteiger partial charge in [-0.25, -0.2) is 8.42 Å². The molecule has 1 atom stereocenters. The molecule has 1 unspecified atom stereocenters. The van der Waals surface area contributed by atoms with E-state index < -0.39 is 10.0 Å². The second-order valence-electron chi connectivity index (χ2n) is 7.25. The number of nitrogens with zero attached hydrogens (tertiary/aromatic N) is 1. The fourth-order valence-electron chi connectivity index (χ4n) is 3.45. The normalized spacial score (nSPS) is 18.0. The Kier molecular flexibility index (Phi) is 6.43. The van der Waals surface area contributed by atoms with Crippen LogP contribution in [0.2, 0.25) is 5.02 Å². The highest BCUT2D eigenvalue weighted by Gasteiger charge is 2.31. The van der Waals surface area contributed by atoms with Gasteiger partial charge in [-0.05, 0) is 62.1 Å². The Morgan fingerprint density at radius 1 is 1.18 bits per heavy atom. The molecule has 1 aliphatic rings. The maximum absolute atomic E-state index is 13.1. The van der Waals surface area contributed by atoms with Gasteiger partial charge in [0.1, 0.15) is 0 Å². The quantitative estimate of drug-likeness (QED) is 0.790. The molecule has 3 rings (SSSR count). The van der Waals surface area contributed by atoms with Crippen LogP contribution in [0.15, 0.2) is 47.4 Å². The van der Waals surface area contributed by atoms with Crippen LogP contribution in [-0.4, -0.2) is 31.2 Å². The lowest BCUT2D eigenvalue weighted by molar-refractivity contribution is 0.0950. The molecule has 1 fully saturated rings. The van der Waals surface area contributed by atoms with Crippen LogP contribution in [0.4, 0.5) is 0 Å². The molecule has 28 heavy (non-hydrogen) atoms. The first kappa shape index (κ1) is 20.8. The van der Waals surface area contributed by atoms with Crippen LogP contribution in [0.1, 0.15) is 47.7 Å². The van der Waals surface area contributed by atoms with Crippen LogP contribution in [0, 0.1) is 6.92 Å². The second-order valence-corrected chi connectivity index (χ2v) is 9.57. The van der Waals surface area contributed by atoms with Gasteiger partial charge < -0.3 is 5.32 Å². The third-order valence-electron chi connectivity index (χ3n) is 5.17. The fourth-order valence-corrected chi connectivity index (χ4v) is 5.30. The van der Waals surface area contributed by atoms with E-state index in [-0.39, 0.29) is 16.8 Å². The lowest BCUT2D eigenvalue weighted by atomic mass is 10.1. The van der Waals surface area contributed by atoms with Crippen LogP contribution in [0.3, 0.4) is 0 Å². The average Bonchev–Trinajstić information content (AvgIpc) is 2.67. The van der Waals surface area contributed by atoms with E-state index in [2.05, 4.69) is 5.32 Å². The van der Waals surface area contributed by atoms with Crippen LogP contribution in [0.25, 0.3) is 0 Å². The van der Waals surface area contributed by atoms with E-state index in [1.165, 1.54) is 6.07 Å². The van der Waals surface area contributed by atoms with E-state index in [0.29, 0.717) is 23.7 Å². The Balaban J connectivity index is 1.80. The van der Waals surface area contributed by atoms with Gasteiger partial charge in [-0.1, -0.05) is 36.2 Å². The number of hydrogen-bond acceptors (Lipinski definition) is 3. The number of carbonyl (C=O) groups excluding carboxylic acids is 1. The summed E-state index contributed by atoms with van der Waals surface area (Å²) in [5, 5.41) is 3.49. The molecule has 1 N–H and O–H groups in total. The smallest absolute Gasteiger partial charge is 0.251 e. The van der Waals surface area contributed by atoms with Crippen molar-refractivity contribution in [2.45, 2.75) is 50.6 Å². The number of piperidine rings is 1. The molecule has 150 valence electrons. The summed E-state index contributed by atoms with van der Waals surface area (Å²) in [6.07, 6.45) is 2.77. The largest absolute Gasteiger partial charge is 0.348 e. The molecular formula is C21H25ClN2O3S. The van der Waals surface area contributed by atoms with Gasteiger partial charge in [0.25, 0.3) is 5.91 Å². The molecule has 2 aromatic rings. The van der Waals surface area contributed by atoms with Crippen molar-refractivity contribution in [3.05, 3.63) is 64.2 Å². The van der Waals surface area contributed by atoms with E-state index in [9.17, 15) is 13.2 Å². The Bertz CT molecular complexity index is 958. The Morgan fingerprint density at radius 2 is 1.89 bits per heavy atom. The molecule has 0 aliphatic carbocycles. The number of benzene rings is 2. The van der Waals surface area contributed by atoms with E-state index in [0.717, 1.165) is 30.4 Å². The molecule has 0 aromatic heterocycles. The third-order valence-corrected chi connectivity index (χ3v) is 7.43. The minimum absolute atomic E-state index is 0.0257. The molecule has 1 saturated heterocycles. The Morgan fingerprint density at radius 3 is 2.57 bits per heavy atom. The summed E-state index contributed by atoms with van der Waals surface area (Å²) in [6.45, 7) is 4.60. The van der Waals surface area contributed by atoms with E-state index in [1.54, 1.807) is 35.5 Å². The van der Waals surface area contributed by atoms with Gasteiger partial charge >= 0.3 is 0 Å². The lowest BCUT2D eigenvalue weighted by Crippen LogP contribution is -2.42. The SMILES string of the molecule is Cc1ccc(S(=O)(=O)N2CCCCC2C)cc1C(=O)NCc1ccc(Cl)cc1. The summed E-state index contributed by atoms with van der Waals surface area (Å²) in [5.74, 6) is -0.295. The molecule has 1 heterocycles. The topological polar surface area (TPSA) is 66.5 Å². The van der Waals surface area contributed by atoms with Crippen molar-refractivity contribution in [1.82, 2.24) is 9.62 Å². The first-order valence-electron chi connectivity index (χ1n) is 9.44.